The lowest BCUT2D eigenvalue weighted by Crippen LogP contribution is -2.30. The molecule has 1 aromatic carbocycles. The number of amides is 1. The Labute approximate surface area is 146 Å². The molecule has 5 heteroatoms. The molecule has 2 aromatic rings. The van der Waals surface area contributed by atoms with Gasteiger partial charge >= 0.3 is 5.97 Å². The van der Waals surface area contributed by atoms with Crippen LogP contribution in [0, 0.1) is 0 Å². The van der Waals surface area contributed by atoms with Gasteiger partial charge in [0.2, 0.25) is 0 Å². The minimum Gasteiger partial charge on any atom is -0.452 e. The molecule has 1 heterocycles. The van der Waals surface area contributed by atoms with Gasteiger partial charge in [-0.3, -0.25) is 4.79 Å². The van der Waals surface area contributed by atoms with E-state index in [0.29, 0.717) is 5.56 Å². The molecule has 1 atom stereocenters. The first-order chi connectivity index (χ1) is 11.3. The lowest BCUT2D eigenvalue weighted by Gasteiger charge is -2.19. The van der Waals surface area contributed by atoms with Gasteiger partial charge in [-0.2, -0.15) is 0 Å². The van der Waals surface area contributed by atoms with Gasteiger partial charge in [-0.15, -0.1) is 11.3 Å². The summed E-state index contributed by atoms with van der Waals surface area (Å²) in [4.78, 5) is 25.0. The number of hydrogen-bond donors (Lipinski definition) is 1. The molecule has 24 heavy (non-hydrogen) atoms. The zero-order chi connectivity index (χ0) is 17.7. The highest BCUT2D eigenvalue weighted by atomic mass is 32.1. The first-order valence-corrected chi connectivity index (χ1v) is 8.76. The van der Waals surface area contributed by atoms with Crippen molar-refractivity contribution in [3.05, 3.63) is 57.8 Å². The van der Waals surface area contributed by atoms with E-state index in [0.717, 1.165) is 10.4 Å². The number of rotatable bonds is 5. The predicted molar refractivity (Wildman–Crippen MR) is 96.3 cm³/mol. The van der Waals surface area contributed by atoms with Crippen LogP contribution in [0.2, 0.25) is 0 Å². The molecular formula is C19H23NO3S. The van der Waals surface area contributed by atoms with E-state index in [1.807, 2.05) is 36.6 Å². The molecule has 0 saturated carbocycles. The van der Waals surface area contributed by atoms with Crippen LogP contribution in [0.3, 0.4) is 0 Å². The Bertz CT molecular complexity index is 684. The maximum atomic E-state index is 12.0. The van der Waals surface area contributed by atoms with E-state index in [2.05, 4.69) is 26.1 Å². The fraction of sp³-hybridized carbons (Fsp3) is 0.368. The second-order valence-electron chi connectivity index (χ2n) is 6.71. The van der Waals surface area contributed by atoms with Crippen LogP contribution in [0.25, 0.3) is 0 Å². The molecular weight excluding hydrogens is 322 g/mol. The Morgan fingerprint density at radius 3 is 2.38 bits per heavy atom. The van der Waals surface area contributed by atoms with Crippen molar-refractivity contribution in [3.8, 4) is 0 Å². The van der Waals surface area contributed by atoms with Crippen molar-refractivity contribution in [2.45, 2.75) is 39.2 Å². The maximum Gasteiger partial charge on any atom is 0.338 e. The Kier molecular flexibility index (Phi) is 5.78. The van der Waals surface area contributed by atoms with E-state index in [-0.39, 0.29) is 24.0 Å². The molecule has 0 unspecified atom stereocenters. The SMILES string of the molecule is C[C@@H](NC(=O)COC(=O)c1ccc(C(C)(C)C)cc1)c1cccs1. The first-order valence-electron chi connectivity index (χ1n) is 7.88. The molecule has 1 N–H and O–H groups in total. The van der Waals surface area contributed by atoms with Crippen LogP contribution < -0.4 is 5.32 Å². The Balaban J connectivity index is 1.85. The van der Waals surface area contributed by atoms with Gasteiger partial charge in [0.25, 0.3) is 5.91 Å². The lowest BCUT2D eigenvalue weighted by molar-refractivity contribution is -0.124. The predicted octanol–water partition coefficient (Wildman–Crippen LogP) is 4.08. The van der Waals surface area contributed by atoms with E-state index in [9.17, 15) is 9.59 Å². The number of nitrogens with one attached hydrogen (secondary N) is 1. The van der Waals surface area contributed by atoms with Gasteiger partial charge in [0.05, 0.1) is 11.6 Å². The zero-order valence-electron chi connectivity index (χ0n) is 14.5. The molecule has 0 saturated heterocycles. The molecule has 2 rings (SSSR count). The van der Waals surface area contributed by atoms with Crippen molar-refractivity contribution in [1.82, 2.24) is 5.32 Å². The van der Waals surface area contributed by atoms with Gasteiger partial charge in [-0.1, -0.05) is 39.0 Å². The third-order valence-electron chi connectivity index (χ3n) is 3.67. The number of benzene rings is 1. The number of thiophene rings is 1. The van der Waals surface area contributed by atoms with E-state index in [1.165, 1.54) is 0 Å². The van der Waals surface area contributed by atoms with E-state index >= 15 is 0 Å². The van der Waals surface area contributed by atoms with Crippen LogP contribution in [-0.4, -0.2) is 18.5 Å². The van der Waals surface area contributed by atoms with Crippen molar-refractivity contribution in [2.75, 3.05) is 6.61 Å². The molecule has 0 aliphatic rings. The molecule has 0 aliphatic carbocycles. The summed E-state index contributed by atoms with van der Waals surface area (Å²) >= 11 is 1.58. The highest BCUT2D eigenvalue weighted by molar-refractivity contribution is 7.10. The van der Waals surface area contributed by atoms with Crippen LogP contribution in [0.5, 0.6) is 0 Å². The molecule has 0 bridgehead atoms. The molecule has 0 spiro atoms. The van der Waals surface area contributed by atoms with Gasteiger partial charge in [0.1, 0.15) is 0 Å². The molecule has 128 valence electrons. The van der Waals surface area contributed by atoms with Gasteiger partial charge < -0.3 is 10.1 Å². The Morgan fingerprint density at radius 1 is 1.17 bits per heavy atom. The third kappa shape index (κ3) is 4.93. The number of carbonyl (C=O) groups is 2. The Morgan fingerprint density at radius 2 is 1.83 bits per heavy atom. The largest absolute Gasteiger partial charge is 0.452 e. The summed E-state index contributed by atoms with van der Waals surface area (Å²) in [5.41, 5.74) is 1.61. The minimum atomic E-state index is -0.491. The van der Waals surface area contributed by atoms with E-state index in [1.54, 1.807) is 23.5 Å². The van der Waals surface area contributed by atoms with Crippen molar-refractivity contribution < 1.29 is 14.3 Å². The second kappa shape index (κ2) is 7.62. The zero-order valence-corrected chi connectivity index (χ0v) is 15.3. The fourth-order valence-electron chi connectivity index (χ4n) is 2.21. The summed E-state index contributed by atoms with van der Waals surface area (Å²) in [6, 6.07) is 11.1. The number of esters is 1. The number of carbonyl (C=O) groups excluding carboxylic acids is 2. The third-order valence-corrected chi connectivity index (χ3v) is 4.72. The van der Waals surface area contributed by atoms with Crippen molar-refractivity contribution in [1.29, 1.82) is 0 Å². The summed E-state index contributed by atoms with van der Waals surface area (Å²) in [7, 11) is 0. The summed E-state index contributed by atoms with van der Waals surface area (Å²) in [6.07, 6.45) is 0. The van der Waals surface area contributed by atoms with Crippen LogP contribution >= 0.6 is 11.3 Å². The molecule has 1 amide bonds. The normalized spacial score (nSPS) is 12.5. The molecule has 0 radical (unpaired) electrons. The lowest BCUT2D eigenvalue weighted by atomic mass is 9.87. The highest BCUT2D eigenvalue weighted by Gasteiger charge is 2.16. The van der Waals surface area contributed by atoms with Crippen molar-refractivity contribution >= 4 is 23.2 Å². The highest BCUT2D eigenvalue weighted by Crippen LogP contribution is 2.22. The van der Waals surface area contributed by atoms with Crippen molar-refractivity contribution in [3.63, 3.8) is 0 Å². The summed E-state index contributed by atoms with van der Waals surface area (Å²) in [5, 5.41) is 4.77. The van der Waals surface area contributed by atoms with Gasteiger partial charge in [-0.05, 0) is 41.5 Å². The fourth-order valence-corrected chi connectivity index (χ4v) is 2.95. The number of ether oxygens (including phenoxy) is 1. The average molecular weight is 345 g/mol. The van der Waals surface area contributed by atoms with Crippen LogP contribution in [0.4, 0.5) is 0 Å². The molecule has 0 fully saturated rings. The van der Waals surface area contributed by atoms with Crippen LogP contribution in [0.1, 0.15) is 54.5 Å². The smallest absolute Gasteiger partial charge is 0.338 e. The summed E-state index contributed by atoms with van der Waals surface area (Å²) in [6.45, 7) is 7.95. The second-order valence-corrected chi connectivity index (χ2v) is 7.69. The number of hydrogen-bond acceptors (Lipinski definition) is 4. The standard InChI is InChI=1S/C19H23NO3S/c1-13(16-6-5-11-24-16)20-17(21)12-23-18(22)14-7-9-15(10-8-14)19(2,3)4/h5-11,13H,12H2,1-4H3,(H,20,21)/t13-/m1/s1. The van der Waals surface area contributed by atoms with Gasteiger partial charge in [0.15, 0.2) is 6.61 Å². The van der Waals surface area contributed by atoms with E-state index in [4.69, 9.17) is 4.74 Å². The monoisotopic (exact) mass is 345 g/mol. The summed E-state index contributed by atoms with van der Waals surface area (Å²) < 4.78 is 5.09. The minimum absolute atomic E-state index is 0.0280. The van der Waals surface area contributed by atoms with E-state index < -0.39 is 5.97 Å². The quantitative estimate of drug-likeness (QED) is 0.831. The van der Waals surface area contributed by atoms with Crippen molar-refractivity contribution in [2.24, 2.45) is 0 Å². The average Bonchev–Trinajstić information content (AvgIpc) is 3.06. The van der Waals surface area contributed by atoms with Gasteiger partial charge in [0, 0.05) is 4.88 Å². The topological polar surface area (TPSA) is 55.4 Å². The molecule has 0 aliphatic heterocycles. The first kappa shape index (κ1) is 18.2. The van der Waals surface area contributed by atoms with Gasteiger partial charge in [-0.25, -0.2) is 4.79 Å². The molecule has 4 nitrogen and oxygen atoms in total. The maximum absolute atomic E-state index is 12.0. The Hall–Kier alpha value is -2.14. The molecule has 1 aromatic heterocycles. The summed E-state index contributed by atoms with van der Waals surface area (Å²) in [5.74, 6) is -0.801. The van der Waals surface area contributed by atoms with Crippen LogP contribution in [-0.2, 0) is 14.9 Å². The van der Waals surface area contributed by atoms with Crippen LogP contribution in [0.15, 0.2) is 41.8 Å².